The van der Waals surface area contributed by atoms with Gasteiger partial charge in [-0.15, -0.1) is 0 Å². The molecule has 2 saturated carbocycles. The van der Waals surface area contributed by atoms with Gasteiger partial charge in [0, 0.05) is 47.3 Å². The van der Waals surface area contributed by atoms with E-state index < -0.39 is 12.0 Å². The fraction of sp³-hybridized carbons (Fsp3) is 0.414. The SMILES string of the molecule is Cc1nc(F)ccc1[C@H](Nc1cc(Cl)c2ncc(C#N)c(NCC(C)(C)C)c2c1)/C(=C/NC1CC12CC2)N=N. The topological polar surface area (TPSA) is 122 Å². The maximum atomic E-state index is 13.9. The van der Waals surface area contributed by atoms with E-state index in [0.29, 0.717) is 67.8 Å². The van der Waals surface area contributed by atoms with Crippen molar-refractivity contribution in [1.29, 1.82) is 10.8 Å². The molecule has 0 radical (unpaired) electrons. The van der Waals surface area contributed by atoms with Gasteiger partial charge in [-0.25, -0.2) is 10.5 Å². The van der Waals surface area contributed by atoms with E-state index in [-0.39, 0.29) is 5.41 Å². The Labute approximate surface area is 232 Å². The average Bonchev–Trinajstić information content (AvgIpc) is 3.80. The number of aryl methyl sites for hydroxylation is 1. The zero-order valence-corrected chi connectivity index (χ0v) is 23.2. The molecular weight excluding hydrogens is 515 g/mol. The molecule has 39 heavy (non-hydrogen) atoms. The van der Waals surface area contributed by atoms with Crippen LogP contribution in [0.25, 0.3) is 10.9 Å². The second kappa shape index (κ2) is 10.1. The lowest BCUT2D eigenvalue weighted by Gasteiger charge is -2.23. The molecule has 0 bridgehead atoms. The molecule has 8 nitrogen and oxygen atoms in total. The molecular formula is C29H32ClFN8. The molecule has 2 aliphatic carbocycles. The van der Waals surface area contributed by atoms with Gasteiger partial charge in [-0.3, -0.25) is 4.98 Å². The number of pyridine rings is 2. The summed E-state index contributed by atoms with van der Waals surface area (Å²) in [5.41, 5.74) is 12.3. The summed E-state index contributed by atoms with van der Waals surface area (Å²) in [7, 11) is 0. The molecule has 0 amide bonds. The Morgan fingerprint density at radius 1 is 1.36 bits per heavy atom. The van der Waals surface area contributed by atoms with Crippen LogP contribution in [0.4, 0.5) is 15.8 Å². The van der Waals surface area contributed by atoms with Crippen molar-refractivity contribution >= 4 is 33.9 Å². The van der Waals surface area contributed by atoms with Gasteiger partial charge in [0.2, 0.25) is 5.95 Å². The molecule has 1 unspecified atom stereocenters. The van der Waals surface area contributed by atoms with Gasteiger partial charge in [-0.05, 0) is 55.2 Å². The number of benzene rings is 1. The van der Waals surface area contributed by atoms with Crippen molar-refractivity contribution in [3.63, 3.8) is 0 Å². The lowest BCUT2D eigenvalue weighted by Crippen LogP contribution is -2.20. The summed E-state index contributed by atoms with van der Waals surface area (Å²) >= 11 is 6.70. The highest BCUT2D eigenvalue weighted by molar-refractivity contribution is 6.35. The minimum atomic E-state index is -0.608. The Morgan fingerprint density at radius 2 is 2.13 bits per heavy atom. The van der Waals surface area contributed by atoms with Crippen molar-refractivity contribution in [3.05, 3.63) is 70.2 Å². The zero-order chi connectivity index (χ0) is 27.9. The summed E-state index contributed by atoms with van der Waals surface area (Å²) in [4.78, 5) is 8.45. The van der Waals surface area contributed by atoms with Crippen molar-refractivity contribution in [2.24, 2.45) is 15.9 Å². The van der Waals surface area contributed by atoms with Crippen molar-refractivity contribution in [2.45, 2.75) is 59.0 Å². The third-order valence-electron chi connectivity index (χ3n) is 7.49. The molecule has 1 spiro atoms. The van der Waals surface area contributed by atoms with Crippen molar-refractivity contribution < 1.29 is 4.39 Å². The smallest absolute Gasteiger partial charge is 0.213 e. The van der Waals surface area contributed by atoms with E-state index in [2.05, 4.69) is 57.9 Å². The number of nitrogens with zero attached hydrogens (tertiary/aromatic N) is 4. The summed E-state index contributed by atoms with van der Waals surface area (Å²) < 4.78 is 13.9. The highest BCUT2D eigenvalue weighted by Gasteiger charge is 2.62. The van der Waals surface area contributed by atoms with Crippen LogP contribution >= 0.6 is 11.6 Å². The predicted octanol–water partition coefficient (Wildman–Crippen LogP) is 7.23. The van der Waals surface area contributed by atoms with Crippen LogP contribution in [0.2, 0.25) is 5.02 Å². The standard InChI is InChI=1S/C29H32ClFN8/c1-16-19(5-6-24(31)37-16)27(22(39-33)14-34-23-11-29(23)7-8-29)38-18-9-20-25(36-15-28(2,3)4)17(12-32)13-35-26(20)21(30)10-18/h5-6,9-10,13-14,23,27,33-34,38H,7-8,11,15H2,1-4H3,(H,35,36)/b22-14-,39-33?/t23?,27-/m0/s1. The van der Waals surface area contributed by atoms with E-state index in [0.717, 1.165) is 6.42 Å². The van der Waals surface area contributed by atoms with Gasteiger partial charge in [-0.2, -0.15) is 14.8 Å². The number of aromatic nitrogens is 2. The Morgan fingerprint density at radius 3 is 2.74 bits per heavy atom. The van der Waals surface area contributed by atoms with E-state index in [4.69, 9.17) is 17.1 Å². The largest absolute Gasteiger partial charge is 0.386 e. The lowest BCUT2D eigenvalue weighted by atomic mass is 9.96. The van der Waals surface area contributed by atoms with Gasteiger partial charge in [0.25, 0.3) is 0 Å². The average molecular weight is 547 g/mol. The molecule has 1 aromatic carbocycles. The third-order valence-corrected chi connectivity index (χ3v) is 7.78. The van der Waals surface area contributed by atoms with Gasteiger partial charge in [0.15, 0.2) is 0 Å². The number of rotatable bonds is 9. The minimum absolute atomic E-state index is 0.0247. The summed E-state index contributed by atoms with van der Waals surface area (Å²) in [6.07, 6.45) is 6.89. The van der Waals surface area contributed by atoms with E-state index >= 15 is 0 Å². The Hall–Kier alpha value is -3.77. The number of nitrogens with one attached hydrogen (secondary N) is 4. The normalized spacial score (nSPS) is 18.4. The van der Waals surface area contributed by atoms with Gasteiger partial charge in [0.05, 0.1) is 27.8 Å². The molecule has 3 aromatic rings. The monoisotopic (exact) mass is 546 g/mol. The summed E-state index contributed by atoms with van der Waals surface area (Å²) in [5, 5.41) is 25.0. The second-order valence-electron chi connectivity index (χ2n) is 11.8. The molecule has 0 saturated heterocycles. The number of fused-ring (bicyclic) bond motifs is 1. The minimum Gasteiger partial charge on any atom is -0.386 e. The zero-order valence-electron chi connectivity index (χ0n) is 22.5. The van der Waals surface area contributed by atoms with Crippen LogP contribution in [0.15, 0.2) is 47.5 Å². The van der Waals surface area contributed by atoms with Gasteiger partial charge < -0.3 is 16.0 Å². The predicted molar refractivity (Wildman–Crippen MR) is 151 cm³/mol. The van der Waals surface area contributed by atoms with Crippen molar-refractivity contribution in [3.8, 4) is 6.07 Å². The van der Waals surface area contributed by atoms with Gasteiger partial charge in [-0.1, -0.05) is 38.4 Å². The number of nitriles is 1. The second-order valence-corrected chi connectivity index (χ2v) is 12.2. The number of hydrogen-bond donors (Lipinski definition) is 4. The van der Waals surface area contributed by atoms with Crippen LogP contribution in [0.3, 0.4) is 0 Å². The Bertz CT molecular complexity index is 1520. The Balaban J connectivity index is 1.56. The maximum Gasteiger partial charge on any atom is 0.213 e. The molecule has 0 aliphatic heterocycles. The summed E-state index contributed by atoms with van der Waals surface area (Å²) in [6.45, 7) is 8.69. The molecule has 2 fully saturated rings. The number of halogens is 2. The first kappa shape index (κ1) is 26.8. The first-order chi connectivity index (χ1) is 18.5. The van der Waals surface area contributed by atoms with E-state index in [1.807, 2.05) is 6.07 Å². The molecule has 202 valence electrons. The third kappa shape index (κ3) is 5.66. The van der Waals surface area contributed by atoms with Crippen LogP contribution in [0.5, 0.6) is 0 Å². The first-order valence-electron chi connectivity index (χ1n) is 13.0. The van der Waals surface area contributed by atoms with E-state index in [9.17, 15) is 9.65 Å². The van der Waals surface area contributed by atoms with Crippen LogP contribution in [-0.4, -0.2) is 22.6 Å². The number of anilines is 2. The van der Waals surface area contributed by atoms with E-state index in [1.54, 1.807) is 25.3 Å². The van der Waals surface area contributed by atoms with Crippen molar-refractivity contribution in [2.75, 3.05) is 17.2 Å². The highest BCUT2D eigenvalue weighted by Crippen LogP contribution is 2.65. The Kier molecular flexibility index (Phi) is 6.93. The van der Waals surface area contributed by atoms with Gasteiger partial charge >= 0.3 is 0 Å². The molecule has 4 N–H and O–H groups in total. The van der Waals surface area contributed by atoms with Crippen LogP contribution < -0.4 is 16.0 Å². The first-order valence-corrected chi connectivity index (χ1v) is 13.4. The fourth-order valence-electron chi connectivity index (χ4n) is 4.96. The summed E-state index contributed by atoms with van der Waals surface area (Å²) in [6, 6.07) is 8.61. The summed E-state index contributed by atoms with van der Waals surface area (Å²) in [5.74, 6) is -0.575. The highest BCUT2D eigenvalue weighted by atomic mass is 35.5. The maximum absolute atomic E-state index is 13.9. The molecule has 2 aromatic heterocycles. The molecule has 5 rings (SSSR count). The van der Waals surface area contributed by atoms with E-state index in [1.165, 1.54) is 25.1 Å². The number of hydrogen-bond acceptors (Lipinski definition) is 8. The van der Waals surface area contributed by atoms with Crippen LogP contribution in [0.1, 0.15) is 62.9 Å². The lowest BCUT2D eigenvalue weighted by molar-refractivity contribution is 0.443. The molecule has 2 heterocycles. The van der Waals surface area contributed by atoms with Crippen LogP contribution in [-0.2, 0) is 0 Å². The molecule has 10 heteroatoms. The van der Waals surface area contributed by atoms with Gasteiger partial charge in [0.1, 0.15) is 11.8 Å². The van der Waals surface area contributed by atoms with Crippen LogP contribution in [0, 0.1) is 40.6 Å². The van der Waals surface area contributed by atoms with Crippen molar-refractivity contribution in [1.82, 2.24) is 15.3 Å². The molecule has 2 atom stereocenters. The molecule has 2 aliphatic rings. The fourth-order valence-corrected chi connectivity index (χ4v) is 5.23. The quantitative estimate of drug-likeness (QED) is 0.166.